The fraction of sp³-hybridized carbons (Fsp3) is 0.214. The highest BCUT2D eigenvalue weighted by molar-refractivity contribution is 5.93. The standard InChI is InChI=1S/C28H27NO7/c1-16-12-19-23(13-17(16)2)36-27(18-10-11-22(33-4)24(14-18)34-5)28(26(19)31)35-15-25(30)29-20-8-6-7-9-21(20)32-3/h6-14H,15H2,1-5H3,(H,29,30). The molecule has 1 N–H and O–H groups in total. The number of hydrogen-bond acceptors (Lipinski definition) is 7. The smallest absolute Gasteiger partial charge is 0.262 e. The van der Waals surface area contributed by atoms with Crippen molar-refractivity contribution in [1.29, 1.82) is 0 Å². The van der Waals surface area contributed by atoms with Crippen LogP contribution in [0.1, 0.15) is 11.1 Å². The Hall–Kier alpha value is -4.46. The van der Waals surface area contributed by atoms with E-state index in [0.717, 1.165) is 11.1 Å². The van der Waals surface area contributed by atoms with Gasteiger partial charge in [0.2, 0.25) is 11.2 Å². The van der Waals surface area contributed by atoms with Gasteiger partial charge in [0, 0.05) is 5.56 Å². The molecule has 3 aromatic carbocycles. The molecule has 4 aromatic rings. The number of rotatable bonds is 8. The summed E-state index contributed by atoms with van der Waals surface area (Å²) in [6.45, 7) is 3.44. The van der Waals surface area contributed by atoms with Gasteiger partial charge in [-0.25, -0.2) is 0 Å². The molecule has 0 saturated heterocycles. The summed E-state index contributed by atoms with van der Waals surface area (Å²) < 4.78 is 28.0. The number of aryl methyl sites for hydroxylation is 2. The van der Waals surface area contributed by atoms with Crippen molar-refractivity contribution in [3.8, 4) is 34.3 Å². The number of ether oxygens (including phenoxy) is 4. The maximum atomic E-state index is 13.5. The van der Waals surface area contributed by atoms with E-state index in [0.29, 0.717) is 39.5 Å². The lowest BCUT2D eigenvalue weighted by atomic mass is 10.0. The van der Waals surface area contributed by atoms with E-state index < -0.39 is 12.5 Å². The summed E-state index contributed by atoms with van der Waals surface area (Å²) in [4.78, 5) is 26.2. The molecule has 0 unspecified atom stereocenters. The molecule has 0 saturated carbocycles. The molecule has 0 fully saturated rings. The van der Waals surface area contributed by atoms with Gasteiger partial charge in [-0.2, -0.15) is 0 Å². The molecular weight excluding hydrogens is 462 g/mol. The maximum Gasteiger partial charge on any atom is 0.262 e. The molecule has 8 heteroatoms. The first kappa shape index (κ1) is 24.7. The molecule has 0 aliphatic rings. The van der Waals surface area contributed by atoms with Crippen LogP contribution in [0.5, 0.6) is 23.0 Å². The van der Waals surface area contributed by atoms with Crippen LogP contribution < -0.4 is 29.7 Å². The fourth-order valence-electron chi connectivity index (χ4n) is 3.80. The van der Waals surface area contributed by atoms with Crippen molar-refractivity contribution in [3.05, 3.63) is 75.9 Å². The Labute approximate surface area is 208 Å². The van der Waals surface area contributed by atoms with E-state index >= 15 is 0 Å². The minimum Gasteiger partial charge on any atom is -0.495 e. The molecule has 8 nitrogen and oxygen atoms in total. The summed E-state index contributed by atoms with van der Waals surface area (Å²) in [5.41, 5.74) is 2.98. The van der Waals surface area contributed by atoms with Gasteiger partial charge in [-0.3, -0.25) is 9.59 Å². The second-order valence-corrected chi connectivity index (χ2v) is 8.13. The molecule has 186 valence electrons. The van der Waals surface area contributed by atoms with Crippen molar-refractivity contribution in [2.24, 2.45) is 0 Å². The van der Waals surface area contributed by atoms with Crippen molar-refractivity contribution < 1.29 is 28.2 Å². The molecule has 0 atom stereocenters. The summed E-state index contributed by atoms with van der Waals surface area (Å²) in [6, 6.07) is 15.7. The Morgan fingerprint density at radius 2 is 1.56 bits per heavy atom. The van der Waals surface area contributed by atoms with Gasteiger partial charge in [-0.1, -0.05) is 12.1 Å². The van der Waals surface area contributed by atoms with Gasteiger partial charge in [0.25, 0.3) is 5.91 Å². The summed E-state index contributed by atoms with van der Waals surface area (Å²) in [6.07, 6.45) is 0. The Morgan fingerprint density at radius 1 is 0.861 bits per heavy atom. The number of nitrogens with one attached hydrogen (secondary N) is 1. The number of hydrogen-bond donors (Lipinski definition) is 1. The monoisotopic (exact) mass is 489 g/mol. The van der Waals surface area contributed by atoms with E-state index in [4.69, 9.17) is 23.4 Å². The third-order valence-corrected chi connectivity index (χ3v) is 5.84. The highest BCUT2D eigenvalue weighted by Crippen LogP contribution is 2.37. The Balaban J connectivity index is 1.76. The second kappa shape index (κ2) is 10.4. The Kier molecular flexibility index (Phi) is 7.15. The molecule has 1 amide bonds. The van der Waals surface area contributed by atoms with Crippen LogP contribution in [-0.2, 0) is 4.79 Å². The Morgan fingerprint density at radius 3 is 2.28 bits per heavy atom. The van der Waals surface area contributed by atoms with Gasteiger partial charge in [0.15, 0.2) is 23.9 Å². The van der Waals surface area contributed by atoms with E-state index in [9.17, 15) is 9.59 Å². The van der Waals surface area contributed by atoms with Crippen molar-refractivity contribution >= 4 is 22.6 Å². The van der Waals surface area contributed by atoms with Crippen molar-refractivity contribution in [3.63, 3.8) is 0 Å². The third-order valence-electron chi connectivity index (χ3n) is 5.84. The summed E-state index contributed by atoms with van der Waals surface area (Å²) in [5.74, 6) is 1.13. The highest BCUT2D eigenvalue weighted by atomic mass is 16.5. The first-order valence-electron chi connectivity index (χ1n) is 11.2. The van der Waals surface area contributed by atoms with Crippen LogP contribution in [0.2, 0.25) is 0 Å². The SMILES string of the molecule is COc1ccccc1NC(=O)COc1c(-c2ccc(OC)c(OC)c2)oc2cc(C)c(C)cc2c1=O. The van der Waals surface area contributed by atoms with Crippen LogP contribution in [0.15, 0.2) is 63.8 Å². The van der Waals surface area contributed by atoms with Crippen LogP contribution in [0.25, 0.3) is 22.3 Å². The zero-order valence-electron chi connectivity index (χ0n) is 20.8. The molecule has 1 aromatic heterocycles. The van der Waals surface area contributed by atoms with Gasteiger partial charge in [-0.05, 0) is 67.4 Å². The molecule has 0 bridgehead atoms. The summed E-state index contributed by atoms with van der Waals surface area (Å²) in [5, 5.41) is 3.10. The van der Waals surface area contributed by atoms with Crippen LogP contribution in [0, 0.1) is 13.8 Å². The number of para-hydroxylation sites is 2. The quantitative estimate of drug-likeness (QED) is 0.367. The number of anilines is 1. The van der Waals surface area contributed by atoms with Gasteiger partial charge >= 0.3 is 0 Å². The number of carbonyl (C=O) groups excluding carboxylic acids is 1. The number of fused-ring (bicyclic) bond motifs is 1. The molecular formula is C28H27NO7. The summed E-state index contributed by atoms with van der Waals surface area (Å²) in [7, 11) is 4.57. The van der Waals surface area contributed by atoms with Gasteiger partial charge in [-0.15, -0.1) is 0 Å². The zero-order chi connectivity index (χ0) is 25.8. The molecule has 4 rings (SSSR count). The van der Waals surface area contributed by atoms with Gasteiger partial charge in [0.1, 0.15) is 11.3 Å². The van der Waals surface area contributed by atoms with E-state index in [2.05, 4.69) is 5.32 Å². The lowest BCUT2D eigenvalue weighted by Gasteiger charge is -2.15. The van der Waals surface area contributed by atoms with Crippen LogP contribution in [0.4, 0.5) is 5.69 Å². The van der Waals surface area contributed by atoms with Crippen molar-refractivity contribution in [1.82, 2.24) is 0 Å². The Bertz CT molecular complexity index is 1490. The minimum absolute atomic E-state index is 0.0758. The van der Waals surface area contributed by atoms with Crippen molar-refractivity contribution in [2.75, 3.05) is 33.3 Å². The lowest BCUT2D eigenvalue weighted by molar-refractivity contribution is -0.118. The van der Waals surface area contributed by atoms with Crippen LogP contribution >= 0.6 is 0 Å². The highest BCUT2D eigenvalue weighted by Gasteiger charge is 2.21. The first-order valence-corrected chi connectivity index (χ1v) is 11.2. The molecule has 0 radical (unpaired) electrons. The van der Waals surface area contributed by atoms with E-state index in [-0.39, 0.29) is 16.9 Å². The van der Waals surface area contributed by atoms with Crippen molar-refractivity contribution in [2.45, 2.75) is 13.8 Å². The molecule has 0 aliphatic carbocycles. The van der Waals surface area contributed by atoms with E-state index in [1.54, 1.807) is 48.5 Å². The normalized spacial score (nSPS) is 10.7. The molecule has 36 heavy (non-hydrogen) atoms. The fourth-order valence-corrected chi connectivity index (χ4v) is 3.80. The first-order chi connectivity index (χ1) is 17.4. The summed E-state index contributed by atoms with van der Waals surface area (Å²) >= 11 is 0. The molecule has 0 aliphatic heterocycles. The van der Waals surface area contributed by atoms with Crippen LogP contribution in [-0.4, -0.2) is 33.8 Å². The second-order valence-electron chi connectivity index (χ2n) is 8.13. The predicted octanol–water partition coefficient (Wildman–Crippen LogP) is 5.12. The largest absolute Gasteiger partial charge is 0.495 e. The lowest BCUT2D eigenvalue weighted by Crippen LogP contribution is -2.23. The van der Waals surface area contributed by atoms with E-state index in [1.165, 1.54) is 21.3 Å². The predicted molar refractivity (Wildman–Crippen MR) is 138 cm³/mol. The van der Waals surface area contributed by atoms with Gasteiger partial charge < -0.3 is 28.7 Å². The van der Waals surface area contributed by atoms with Gasteiger partial charge in [0.05, 0.1) is 32.4 Å². The molecule has 1 heterocycles. The maximum absolute atomic E-state index is 13.5. The average molecular weight is 490 g/mol. The average Bonchev–Trinajstić information content (AvgIpc) is 2.89. The number of carbonyl (C=O) groups is 1. The van der Waals surface area contributed by atoms with E-state index in [1.807, 2.05) is 19.9 Å². The third kappa shape index (κ3) is 4.84. The van der Waals surface area contributed by atoms with Crippen LogP contribution in [0.3, 0.4) is 0 Å². The number of benzene rings is 3. The zero-order valence-corrected chi connectivity index (χ0v) is 20.8. The number of amides is 1. The topological polar surface area (TPSA) is 96.2 Å². The molecule has 0 spiro atoms. The minimum atomic E-state index is -0.461. The number of methoxy groups -OCH3 is 3.